The molecule has 7 rings (SSSR count). The number of ketones is 1. The van der Waals surface area contributed by atoms with Gasteiger partial charge in [0.25, 0.3) is 0 Å². The van der Waals surface area contributed by atoms with Crippen LogP contribution in [0.2, 0.25) is 0 Å². The lowest BCUT2D eigenvalue weighted by Crippen LogP contribution is -2.59. The maximum Gasteiger partial charge on any atom is 0.306 e. The lowest BCUT2D eigenvalue weighted by molar-refractivity contribution is -0.314. The topological polar surface area (TPSA) is 153 Å². The average molecular weight is 889 g/mol. The molecule has 63 heavy (non-hydrogen) atoms. The van der Waals surface area contributed by atoms with Gasteiger partial charge in [-0.05, 0) is 115 Å². The predicted molar refractivity (Wildman–Crippen MR) is 231 cm³/mol. The van der Waals surface area contributed by atoms with Crippen molar-refractivity contribution < 1.29 is 61.7 Å². The van der Waals surface area contributed by atoms with E-state index in [9.17, 15) is 14.3 Å². The van der Waals surface area contributed by atoms with Gasteiger partial charge in [-0.2, -0.15) is 0 Å². The number of esters is 1. The molecule has 19 atom stereocenters. The summed E-state index contributed by atoms with van der Waals surface area (Å²) in [5.41, 5.74) is 0.933. The van der Waals surface area contributed by atoms with Crippen molar-refractivity contribution in [1.82, 2.24) is 4.90 Å². The van der Waals surface area contributed by atoms with E-state index in [0.29, 0.717) is 55.5 Å². The summed E-state index contributed by atoms with van der Waals surface area (Å²) in [4.78, 5) is 31.3. The Labute approximate surface area is 373 Å². The number of ether oxygens (including phenoxy) is 9. The van der Waals surface area contributed by atoms with Gasteiger partial charge in [0, 0.05) is 51.2 Å². The number of anilines is 1. The lowest BCUT2D eigenvalue weighted by atomic mass is 9.62. The highest BCUT2D eigenvalue weighted by molar-refractivity contribution is 5.99. The van der Waals surface area contributed by atoms with E-state index in [1.54, 1.807) is 27.4 Å². The molecule has 3 unspecified atom stereocenters. The summed E-state index contributed by atoms with van der Waals surface area (Å²) < 4.78 is 70.6. The number of hydrogen-bond acceptors (Lipinski definition) is 14. The quantitative estimate of drug-likeness (QED) is 0.239. The maximum atomic E-state index is 15.1. The number of likely N-dealkylation sites (N-methyl/N-ethyl adjacent to an activating group) is 1. The highest BCUT2D eigenvalue weighted by Crippen LogP contribution is 2.58. The number of aliphatic hydroxyl groups excluding tert-OH is 1. The van der Waals surface area contributed by atoms with E-state index in [2.05, 4.69) is 31.2 Å². The summed E-state index contributed by atoms with van der Waals surface area (Å²) >= 11 is 0. The molecule has 354 valence electrons. The minimum atomic E-state index is -1.06. The number of aliphatic hydroxyl groups is 1. The SMILES string of the molecule is CC[C@H]1CCC[C@H](O[C@H]2CC[C@H](N(C)C)C(C)O2)[C@@H](C)C(=O)C2=C[C@H]3[C@@H]4C[C@H](O[C@@H]5OC(C)[C@H](OC)C(OC)[C@@H]5OC)C[C@H]4[C@H](Nc4cc(F)ccc4OC)[C@@H](O)[C@H]3[C@@H]2CC(=O)O1. The number of Topliss-reactive ketones (excluding diaryl/α,β-unsaturated/α-hetero) is 1. The molecule has 6 aliphatic rings. The molecule has 0 amide bonds. The number of benzene rings is 1. The van der Waals surface area contributed by atoms with E-state index < -0.39 is 66.6 Å². The van der Waals surface area contributed by atoms with Gasteiger partial charge in [0.1, 0.15) is 36.0 Å². The fraction of sp³-hybridized carbons (Fsp3) is 0.792. The van der Waals surface area contributed by atoms with Crippen LogP contribution in [0, 0.1) is 41.3 Å². The fourth-order valence-corrected chi connectivity index (χ4v) is 12.2. The highest BCUT2D eigenvalue weighted by atomic mass is 19.1. The highest BCUT2D eigenvalue weighted by Gasteiger charge is 2.60. The molecule has 1 aromatic carbocycles. The number of carbonyl (C=O) groups excluding carboxylic acids is 2. The first kappa shape index (κ1) is 48.2. The van der Waals surface area contributed by atoms with Gasteiger partial charge in [0.2, 0.25) is 0 Å². The summed E-state index contributed by atoms with van der Waals surface area (Å²) in [6, 6.07) is 3.90. The normalized spacial score (nSPS) is 42.3. The van der Waals surface area contributed by atoms with Crippen molar-refractivity contribution in [3.05, 3.63) is 35.7 Å². The van der Waals surface area contributed by atoms with Crippen molar-refractivity contribution in [2.75, 3.05) is 47.9 Å². The Kier molecular flexibility index (Phi) is 15.9. The largest absolute Gasteiger partial charge is 0.495 e. The van der Waals surface area contributed by atoms with Crippen LogP contribution in [0.15, 0.2) is 29.8 Å². The molecule has 15 heteroatoms. The Morgan fingerprint density at radius 3 is 2.29 bits per heavy atom. The third-order valence-corrected chi connectivity index (χ3v) is 15.4. The molecule has 0 spiro atoms. The second-order valence-corrected chi connectivity index (χ2v) is 19.1. The second kappa shape index (κ2) is 20.8. The van der Waals surface area contributed by atoms with Gasteiger partial charge in [0.15, 0.2) is 18.4 Å². The van der Waals surface area contributed by atoms with Gasteiger partial charge >= 0.3 is 5.97 Å². The van der Waals surface area contributed by atoms with Crippen LogP contribution in [-0.4, -0.2) is 144 Å². The number of rotatable bonds is 12. The third-order valence-electron chi connectivity index (χ3n) is 15.4. The zero-order valence-corrected chi connectivity index (χ0v) is 38.9. The fourth-order valence-electron chi connectivity index (χ4n) is 12.2. The van der Waals surface area contributed by atoms with Crippen LogP contribution >= 0.6 is 0 Å². The Balaban J connectivity index is 1.22. The number of halogens is 1. The predicted octanol–water partition coefficient (Wildman–Crippen LogP) is 5.92. The summed E-state index contributed by atoms with van der Waals surface area (Å²) in [6.07, 6.45) is 2.20. The van der Waals surface area contributed by atoms with Crippen LogP contribution in [-0.2, 0) is 47.5 Å². The molecule has 5 fully saturated rings. The number of nitrogens with zero attached hydrogens (tertiary/aromatic N) is 1. The first-order chi connectivity index (χ1) is 30.2. The van der Waals surface area contributed by atoms with Gasteiger partial charge in [-0.15, -0.1) is 0 Å². The number of allylic oxidation sites excluding steroid dienone is 2. The van der Waals surface area contributed by atoms with Gasteiger partial charge in [-0.3, -0.25) is 9.59 Å². The average Bonchev–Trinajstić information content (AvgIpc) is 3.84. The summed E-state index contributed by atoms with van der Waals surface area (Å²) in [5.74, 6) is -2.79. The Bertz CT molecular complexity index is 1750. The molecule has 3 heterocycles. The third kappa shape index (κ3) is 10.0. The van der Waals surface area contributed by atoms with Crippen LogP contribution < -0.4 is 10.1 Å². The molecule has 14 nitrogen and oxygen atoms in total. The van der Waals surface area contributed by atoms with Gasteiger partial charge in [-0.25, -0.2) is 4.39 Å². The minimum absolute atomic E-state index is 0.0374. The van der Waals surface area contributed by atoms with E-state index in [4.69, 9.17) is 42.6 Å². The monoisotopic (exact) mass is 889 g/mol. The summed E-state index contributed by atoms with van der Waals surface area (Å²) in [6.45, 7) is 7.93. The van der Waals surface area contributed by atoms with E-state index in [1.165, 1.54) is 19.2 Å². The molecular formula is C48H73FN2O12. The van der Waals surface area contributed by atoms with Gasteiger partial charge < -0.3 is 58.0 Å². The van der Waals surface area contributed by atoms with Crippen molar-refractivity contribution in [3.8, 4) is 5.75 Å². The van der Waals surface area contributed by atoms with Crippen molar-refractivity contribution >= 4 is 17.4 Å². The van der Waals surface area contributed by atoms with Crippen LogP contribution in [0.3, 0.4) is 0 Å². The molecule has 0 bridgehead atoms. The van der Waals surface area contributed by atoms with Gasteiger partial charge in [-0.1, -0.05) is 19.9 Å². The first-order valence-corrected chi connectivity index (χ1v) is 23.3. The number of carbonyl (C=O) groups is 2. The van der Waals surface area contributed by atoms with Crippen molar-refractivity contribution in [1.29, 1.82) is 0 Å². The van der Waals surface area contributed by atoms with Crippen LogP contribution in [0.5, 0.6) is 5.75 Å². The molecule has 3 aliphatic heterocycles. The molecule has 3 aliphatic carbocycles. The Morgan fingerprint density at radius 2 is 1.62 bits per heavy atom. The summed E-state index contributed by atoms with van der Waals surface area (Å²) in [5, 5.41) is 16.3. The zero-order valence-electron chi connectivity index (χ0n) is 38.9. The van der Waals surface area contributed by atoms with Crippen molar-refractivity contribution in [3.63, 3.8) is 0 Å². The number of hydrogen-bond donors (Lipinski definition) is 2. The van der Waals surface area contributed by atoms with E-state index >= 15 is 4.79 Å². The standard InChI is InChI=1S/C48H73FN2O12/c1-11-28-13-12-14-37(63-40-18-16-36(51(5)6)25(3)59-40)24(2)43(53)34-22-31-30-20-29(62-48-47(58-10)46(57-9)45(56-8)26(4)60-48)21-33(30)42(44(54)41(31)32(34)23-39(52)61-28)50-35-19-27(49)15-17-38(35)55-7/h15,17,19,22,24-26,28-33,36-37,40-42,44-48,50,54H,11-14,16,18,20-21,23H2,1-10H3/t24-,25?,26?,28+,29+,30+,31+,32-,33-,36+,37+,40+,41-,42+,44+,45+,46?,47+,48+/m1/s1. The van der Waals surface area contributed by atoms with E-state index in [1.807, 2.05) is 26.8 Å². The lowest BCUT2D eigenvalue weighted by Gasteiger charge is -2.47. The molecule has 0 radical (unpaired) electrons. The molecular weight excluding hydrogens is 816 g/mol. The summed E-state index contributed by atoms with van der Waals surface area (Å²) in [7, 11) is 10.5. The van der Waals surface area contributed by atoms with E-state index in [0.717, 1.165) is 12.8 Å². The number of nitrogens with one attached hydrogen (secondary N) is 1. The molecule has 2 saturated carbocycles. The van der Waals surface area contributed by atoms with Crippen molar-refractivity contribution in [2.45, 2.75) is 165 Å². The van der Waals surface area contributed by atoms with E-state index in [-0.39, 0.29) is 72.5 Å². The first-order valence-electron chi connectivity index (χ1n) is 23.3. The second-order valence-electron chi connectivity index (χ2n) is 19.1. The molecule has 2 N–H and O–H groups in total. The van der Waals surface area contributed by atoms with Crippen LogP contribution in [0.1, 0.15) is 85.5 Å². The Hall–Kier alpha value is -2.73. The smallest absolute Gasteiger partial charge is 0.306 e. The van der Waals surface area contributed by atoms with Crippen LogP contribution in [0.4, 0.5) is 10.1 Å². The molecule has 1 aromatic rings. The Morgan fingerprint density at radius 1 is 0.889 bits per heavy atom. The number of cyclic esters (lactones) is 1. The minimum Gasteiger partial charge on any atom is -0.495 e. The van der Waals surface area contributed by atoms with Gasteiger partial charge in [0.05, 0.1) is 55.8 Å². The molecule has 3 saturated heterocycles. The molecule has 0 aromatic heterocycles. The zero-order chi connectivity index (χ0) is 45.3. The number of methoxy groups -OCH3 is 4. The maximum absolute atomic E-state index is 15.1. The number of fused-ring (bicyclic) bond motifs is 5. The van der Waals surface area contributed by atoms with Crippen LogP contribution in [0.25, 0.3) is 0 Å². The van der Waals surface area contributed by atoms with Crippen molar-refractivity contribution in [2.24, 2.45) is 35.5 Å².